The van der Waals surface area contributed by atoms with Crippen LogP contribution in [-0.4, -0.2) is 26.8 Å². The molecule has 0 saturated heterocycles. The van der Waals surface area contributed by atoms with Crippen molar-refractivity contribution in [2.45, 2.75) is 5.92 Å². The van der Waals surface area contributed by atoms with E-state index in [9.17, 15) is 9.90 Å². The van der Waals surface area contributed by atoms with Gasteiger partial charge in [0, 0.05) is 40.2 Å². The van der Waals surface area contributed by atoms with E-state index >= 15 is 0 Å². The zero-order chi connectivity index (χ0) is 15.1. The van der Waals surface area contributed by atoms with Crippen LogP contribution < -0.4 is 0 Å². The third-order valence-corrected chi connectivity index (χ3v) is 4.81. The normalized spacial score (nSPS) is 17.4. The zero-order valence-corrected chi connectivity index (χ0v) is 12.4. The predicted octanol–water partition coefficient (Wildman–Crippen LogP) is 3.83. The number of carboxylic acids is 1. The fourth-order valence-electron chi connectivity index (χ4n) is 2.83. The van der Waals surface area contributed by atoms with E-state index < -0.39 is 5.97 Å². The van der Waals surface area contributed by atoms with E-state index in [1.54, 1.807) is 30.1 Å². The maximum atomic E-state index is 11.2. The van der Waals surface area contributed by atoms with Gasteiger partial charge < -0.3 is 5.11 Å². The molecular weight excluding hydrogens is 296 g/mol. The summed E-state index contributed by atoms with van der Waals surface area (Å²) in [6.45, 7) is 0. The summed E-state index contributed by atoms with van der Waals surface area (Å²) < 4.78 is 0. The Morgan fingerprint density at radius 1 is 1.23 bits per heavy atom. The van der Waals surface area contributed by atoms with Gasteiger partial charge in [-0.3, -0.25) is 9.97 Å². The molecule has 1 unspecified atom stereocenters. The molecular formula is C17H12N2O2S. The van der Waals surface area contributed by atoms with E-state index in [0.29, 0.717) is 5.52 Å². The minimum Gasteiger partial charge on any atom is -0.478 e. The maximum absolute atomic E-state index is 11.2. The van der Waals surface area contributed by atoms with Gasteiger partial charge >= 0.3 is 5.97 Å². The molecule has 4 nitrogen and oxygen atoms in total. The quantitative estimate of drug-likeness (QED) is 0.729. The Morgan fingerprint density at radius 3 is 2.91 bits per heavy atom. The van der Waals surface area contributed by atoms with Gasteiger partial charge in [0.15, 0.2) is 0 Å². The van der Waals surface area contributed by atoms with Crippen molar-refractivity contribution in [3.8, 4) is 0 Å². The summed E-state index contributed by atoms with van der Waals surface area (Å²) in [6.07, 6.45) is 5.76. The van der Waals surface area contributed by atoms with Gasteiger partial charge in [0.1, 0.15) is 0 Å². The van der Waals surface area contributed by atoms with Gasteiger partial charge in [0.05, 0.1) is 16.8 Å². The fourth-order valence-corrected chi connectivity index (χ4v) is 3.71. The van der Waals surface area contributed by atoms with Crippen molar-refractivity contribution < 1.29 is 9.90 Å². The largest absolute Gasteiger partial charge is 0.478 e. The number of nitrogens with zero attached hydrogens (tertiary/aromatic N) is 2. The number of fused-ring (bicyclic) bond motifs is 3. The van der Waals surface area contributed by atoms with E-state index in [1.165, 1.54) is 0 Å². The highest BCUT2D eigenvalue weighted by Crippen LogP contribution is 2.35. The number of thioether (sulfide) groups is 1. The second-order valence-corrected chi connectivity index (χ2v) is 6.16. The molecule has 3 aromatic rings. The zero-order valence-electron chi connectivity index (χ0n) is 11.6. The van der Waals surface area contributed by atoms with E-state index in [2.05, 4.69) is 16.5 Å². The molecule has 2 aromatic heterocycles. The van der Waals surface area contributed by atoms with Gasteiger partial charge in [0.25, 0.3) is 0 Å². The van der Waals surface area contributed by atoms with E-state index in [1.807, 2.05) is 18.3 Å². The molecule has 0 radical (unpaired) electrons. The molecule has 1 N–H and O–H groups in total. The van der Waals surface area contributed by atoms with Crippen molar-refractivity contribution in [3.63, 3.8) is 0 Å². The number of aromatic nitrogens is 2. The number of rotatable bonds is 2. The molecule has 0 bridgehead atoms. The van der Waals surface area contributed by atoms with Crippen molar-refractivity contribution in [1.82, 2.24) is 9.97 Å². The molecule has 1 aliphatic rings. The van der Waals surface area contributed by atoms with Crippen molar-refractivity contribution in [2.24, 2.45) is 0 Å². The molecule has 0 fully saturated rings. The van der Waals surface area contributed by atoms with E-state index in [0.717, 1.165) is 27.6 Å². The standard InChI is InChI=1S/C17H12N2O2S/c20-17(21)10-1-2-12-14-8-18-5-3-13(14)16(19-15(12)7-10)11-4-6-22-9-11/h1-8,11H,9H2,(H,20,21). The minimum absolute atomic E-state index is 0.255. The first-order chi connectivity index (χ1) is 10.7. The third kappa shape index (κ3) is 2.05. The van der Waals surface area contributed by atoms with Crippen LogP contribution in [0.3, 0.4) is 0 Å². The molecule has 4 rings (SSSR count). The number of carboxylic acid groups (broad SMARTS) is 1. The van der Waals surface area contributed by atoms with Gasteiger partial charge in [-0.2, -0.15) is 0 Å². The molecule has 5 heteroatoms. The lowest BCUT2D eigenvalue weighted by molar-refractivity contribution is 0.0697. The van der Waals surface area contributed by atoms with Crippen LogP contribution in [0.15, 0.2) is 48.1 Å². The Balaban J connectivity index is 2.07. The summed E-state index contributed by atoms with van der Waals surface area (Å²) in [5.41, 5.74) is 1.96. The first-order valence-electron chi connectivity index (χ1n) is 6.93. The Hall–Kier alpha value is -2.40. The van der Waals surface area contributed by atoms with E-state index in [4.69, 9.17) is 4.98 Å². The van der Waals surface area contributed by atoms with Crippen LogP contribution in [0.4, 0.5) is 0 Å². The highest BCUT2D eigenvalue weighted by molar-refractivity contribution is 8.02. The highest BCUT2D eigenvalue weighted by atomic mass is 32.2. The molecule has 0 saturated carbocycles. The Labute approximate surface area is 130 Å². The van der Waals surface area contributed by atoms with Crippen molar-refractivity contribution >= 4 is 39.4 Å². The molecule has 22 heavy (non-hydrogen) atoms. The summed E-state index contributed by atoms with van der Waals surface area (Å²) in [4.78, 5) is 20.2. The van der Waals surface area contributed by atoms with Gasteiger partial charge in [-0.1, -0.05) is 12.1 Å². The summed E-state index contributed by atoms with van der Waals surface area (Å²) in [6, 6.07) is 7.06. The van der Waals surface area contributed by atoms with Gasteiger partial charge in [-0.05, 0) is 23.6 Å². The molecule has 0 amide bonds. The number of allylic oxidation sites excluding steroid dienone is 1. The number of aromatic carboxylic acids is 1. The first-order valence-corrected chi connectivity index (χ1v) is 7.98. The van der Waals surface area contributed by atoms with Crippen LogP contribution in [0.5, 0.6) is 0 Å². The average Bonchev–Trinajstić information content (AvgIpc) is 3.07. The predicted molar refractivity (Wildman–Crippen MR) is 88.3 cm³/mol. The number of pyridine rings is 2. The average molecular weight is 308 g/mol. The Kier molecular flexibility index (Phi) is 3.08. The van der Waals surface area contributed by atoms with Gasteiger partial charge in [-0.25, -0.2) is 4.79 Å². The van der Waals surface area contributed by atoms with Crippen LogP contribution in [0.1, 0.15) is 22.0 Å². The number of hydrogen-bond donors (Lipinski definition) is 1. The summed E-state index contributed by atoms with van der Waals surface area (Å²) in [5.74, 6) is 0.287. The van der Waals surface area contributed by atoms with Crippen molar-refractivity contribution in [1.29, 1.82) is 0 Å². The Morgan fingerprint density at radius 2 is 2.14 bits per heavy atom. The smallest absolute Gasteiger partial charge is 0.335 e. The second-order valence-electron chi connectivity index (χ2n) is 5.22. The van der Waals surface area contributed by atoms with Gasteiger partial charge in [-0.15, -0.1) is 11.8 Å². The van der Waals surface area contributed by atoms with Crippen LogP contribution in [0, 0.1) is 0 Å². The number of carbonyl (C=O) groups is 1. The Bertz CT molecular complexity index is 936. The molecule has 1 atom stereocenters. The molecule has 108 valence electrons. The molecule has 1 aromatic carbocycles. The summed E-state index contributed by atoms with van der Waals surface area (Å²) in [7, 11) is 0. The van der Waals surface area contributed by atoms with E-state index in [-0.39, 0.29) is 11.5 Å². The number of hydrogen-bond acceptors (Lipinski definition) is 4. The molecule has 1 aliphatic heterocycles. The lowest BCUT2D eigenvalue weighted by atomic mass is 9.98. The highest BCUT2D eigenvalue weighted by Gasteiger charge is 2.19. The van der Waals surface area contributed by atoms with Crippen LogP contribution >= 0.6 is 11.8 Å². The van der Waals surface area contributed by atoms with Crippen molar-refractivity contribution in [2.75, 3.05) is 5.75 Å². The number of benzene rings is 1. The van der Waals surface area contributed by atoms with Crippen LogP contribution in [0.2, 0.25) is 0 Å². The van der Waals surface area contributed by atoms with Crippen LogP contribution in [-0.2, 0) is 0 Å². The lowest BCUT2D eigenvalue weighted by Gasteiger charge is -2.13. The minimum atomic E-state index is -0.937. The summed E-state index contributed by atoms with van der Waals surface area (Å²) >= 11 is 1.77. The topological polar surface area (TPSA) is 63.1 Å². The SMILES string of the molecule is O=C(O)c1ccc2c(c1)nc(C1C=CSC1)c1ccncc12. The maximum Gasteiger partial charge on any atom is 0.335 e. The van der Waals surface area contributed by atoms with Crippen molar-refractivity contribution in [3.05, 3.63) is 59.4 Å². The fraction of sp³-hybridized carbons (Fsp3) is 0.118. The molecule has 0 aliphatic carbocycles. The molecule has 3 heterocycles. The lowest BCUT2D eigenvalue weighted by Crippen LogP contribution is -2.02. The second kappa shape index (κ2) is 5.10. The monoisotopic (exact) mass is 308 g/mol. The van der Waals surface area contributed by atoms with Crippen LogP contribution in [0.25, 0.3) is 21.7 Å². The first kappa shape index (κ1) is 13.3. The third-order valence-electron chi connectivity index (χ3n) is 3.91. The molecule has 0 spiro atoms. The van der Waals surface area contributed by atoms with Gasteiger partial charge in [0.2, 0.25) is 0 Å². The summed E-state index contributed by atoms with van der Waals surface area (Å²) in [5, 5.41) is 14.3.